The maximum Gasteiger partial charge on any atom is 0.0270 e. The molecule has 2 heteroatoms. The molecule has 2 aromatic heterocycles. The Morgan fingerprint density at radius 2 is 0.808 bits per heavy atom. The van der Waals surface area contributed by atoms with E-state index in [1.807, 2.05) is 24.8 Å². The molecule has 2 aromatic carbocycles. The van der Waals surface area contributed by atoms with E-state index in [-0.39, 0.29) is 0 Å². The van der Waals surface area contributed by atoms with Crippen molar-refractivity contribution in [2.75, 3.05) is 0 Å². The van der Waals surface area contributed by atoms with Crippen LogP contribution >= 0.6 is 0 Å². The van der Waals surface area contributed by atoms with Crippen molar-refractivity contribution >= 4 is 10.8 Å². The quantitative estimate of drug-likeness (QED) is 0.483. The maximum atomic E-state index is 4.08. The van der Waals surface area contributed by atoms with Crippen molar-refractivity contribution in [3.8, 4) is 0 Å². The molecule has 4 rings (SSSR count). The SMILES string of the molecule is c1cc(CCc2ccc3cc(CCc4ccncc4)ccc3c2)ccn1. The van der Waals surface area contributed by atoms with Gasteiger partial charge in [-0.15, -0.1) is 0 Å². The minimum absolute atomic E-state index is 1.05. The van der Waals surface area contributed by atoms with Crippen molar-refractivity contribution in [3.05, 3.63) is 108 Å². The molecule has 0 atom stereocenters. The predicted octanol–water partition coefficient (Wildman–Crippen LogP) is 5.20. The highest BCUT2D eigenvalue weighted by Crippen LogP contribution is 2.20. The first kappa shape index (κ1) is 16.5. The molecule has 128 valence electrons. The molecule has 4 aromatic rings. The van der Waals surface area contributed by atoms with Crippen LogP contribution in [0.4, 0.5) is 0 Å². The summed E-state index contributed by atoms with van der Waals surface area (Å²) >= 11 is 0. The minimum Gasteiger partial charge on any atom is -0.265 e. The Balaban J connectivity index is 1.44. The number of fused-ring (bicyclic) bond motifs is 1. The maximum absolute atomic E-state index is 4.08. The molecule has 2 heterocycles. The molecule has 0 N–H and O–H groups in total. The Morgan fingerprint density at radius 1 is 0.423 bits per heavy atom. The van der Waals surface area contributed by atoms with E-state index >= 15 is 0 Å². The van der Waals surface area contributed by atoms with E-state index in [1.165, 1.54) is 33.0 Å². The van der Waals surface area contributed by atoms with Gasteiger partial charge in [0.25, 0.3) is 0 Å². The van der Waals surface area contributed by atoms with E-state index in [1.54, 1.807) is 0 Å². The Labute approximate surface area is 154 Å². The van der Waals surface area contributed by atoms with E-state index in [2.05, 4.69) is 70.6 Å². The van der Waals surface area contributed by atoms with E-state index in [0.29, 0.717) is 0 Å². The van der Waals surface area contributed by atoms with Crippen molar-refractivity contribution in [1.82, 2.24) is 9.97 Å². The number of hydrogen-bond acceptors (Lipinski definition) is 2. The number of hydrogen-bond donors (Lipinski definition) is 0. The van der Waals surface area contributed by atoms with Crippen molar-refractivity contribution < 1.29 is 0 Å². The van der Waals surface area contributed by atoms with E-state index < -0.39 is 0 Å². The van der Waals surface area contributed by atoms with Crippen molar-refractivity contribution in [3.63, 3.8) is 0 Å². The largest absolute Gasteiger partial charge is 0.265 e. The molecule has 0 saturated heterocycles. The molecule has 0 spiro atoms. The van der Waals surface area contributed by atoms with Crippen LogP contribution < -0.4 is 0 Å². The zero-order chi connectivity index (χ0) is 17.6. The van der Waals surface area contributed by atoms with Gasteiger partial charge in [0.15, 0.2) is 0 Å². The number of benzene rings is 2. The van der Waals surface area contributed by atoms with Crippen LogP contribution in [0.2, 0.25) is 0 Å². The minimum atomic E-state index is 1.05. The van der Waals surface area contributed by atoms with Crippen molar-refractivity contribution in [1.29, 1.82) is 0 Å². The van der Waals surface area contributed by atoms with Gasteiger partial charge in [-0.3, -0.25) is 9.97 Å². The Morgan fingerprint density at radius 3 is 1.23 bits per heavy atom. The molecule has 26 heavy (non-hydrogen) atoms. The third kappa shape index (κ3) is 4.15. The highest BCUT2D eigenvalue weighted by Gasteiger charge is 2.01. The first-order valence-electron chi connectivity index (χ1n) is 9.16. The monoisotopic (exact) mass is 338 g/mol. The third-order valence-electron chi connectivity index (χ3n) is 4.87. The number of aryl methyl sites for hydroxylation is 4. The lowest BCUT2D eigenvalue weighted by Crippen LogP contribution is -1.93. The van der Waals surface area contributed by atoms with Crippen LogP contribution in [0.15, 0.2) is 85.5 Å². The summed E-state index contributed by atoms with van der Waals surface area (Å²) in [5.41, 5.74) is 5.45. The number of rotatable bonds is 6. The van der Waals surface area contributed by atoms with Crippen LogP contribution in [0.3, 0.4) is 0 Å². The number of pyridine rings is 2. The van der Waals surface area contributed by atoms with Crippen molar-refractivity contribution in [2.45, 2.75) is 25.7 Å². The summed E-state index contributed by atoms with van der Waals surface area (Å²) in [6.45, 7) is 0. The molecule has 0 fully saturated rings. The second kappa shape index (κ2) is 7.92. The standard InChI is InChI=1S/C24H22N2/c1(19-9-13-25-14-10-19)3-21-5-7-24-18-22(6-8-23(24)17-21)4-2-20-11-15-26-16-12-20/h5-18H,1-4H2. The van der Waals surface area contributed by atoms with Gasteiger partial charge in [-0.05, 0) is 83.0 Å². The average Bonchev–Trinajstić information content (AvgIpc) is 2.72. The van der Waals surface area contributed by atoms with Gasteiger partial charge in [-0.1, -0.05) is 36.4 Å². The lowest BCUT2D eigenvalue weighted by molar-refractivity contribution is 0.954. The van der Waals surface area contributed by atoms with Crippen molar-refractivity contribution in [2.24, 2.45) is 0 Å². The summed E-state index contributed by atoms with van der Waals surface area (Å²) < 4.78 is 0. The van der Waals surface area contributed by atoms with Crippen LogP contribution in [-0.4, -0.2) is 9.97 Å². The van der Waals surface area contributed by atoms with Gasteiger partial charge in [0.1, 0.15) is 0 Å². The van der Waals surface area contributed by atoms with Gasteiger partial charge in [-0.25, -0.2) is 0 Å². The molecule has 0 saturated carbocycles. The van der Waals surface area contributed by atoms with Crippen LogP contribution in [0, 0.1) is 0 Å². The van der Waals surface area contributed by atoms with Gasteiger partial charge in [0, 0.05) is 24.8 Å². The molecule has 0 aliphatic carbocycles. The Kier molecular flexibility index (Phi) is 5.02. The molecule has 2 nitrogen and oxygen atoms in total. The fourth-order valence-electron chi connectivity index (χ4n) is 3.33. The normalized spacial score (nSPS) is 10.9. The summed E-state index contributed by atoms with van der Waals surface area (Å²) in [7, 11) is 0. The van der Waals surface area contributed by atoms with Crippen LogP contribution in [0.1, 0.15) is 22.3 Å². The lowest BCUT2D eigenvalue weighted by Gasteiger charge is -2.07. The lowest BCUT2D eigenvalue weighted by atomic mass is 9.98. The second-order valence-corrected chi connectivity index (χ2v) is 6.73. The summed E-state index contributed by atoms with van der Waals surface area (Å²) in [4.78, 5) is 8.16. The highest BCUT2D eigenvalue weighted by molar-refractivity contribution is 5.83. The summed E-state index contributed by atoms with van der Waals surface area (Å²) in [5, 5.41) is 2.65. The van der Waals surface area contributed by atoms with E-state index in [0.717, 1.165) is 25.7 Å². The van der Waals surface area contributed by atoms with Gasteiger partial charge in [0.2, 0.25) is 0 Å². The van der Waals surface area contributed by atoms with Gasteiger partial charge < -0.3 is 0 Å². The Hall–Kier alpha value is -3.00. The summed E-state index contributed by atoms with van der Waals surface area (Å²) in [6.07, 6.45) is 11.7. The van der Waals surface area contributed by atoms with Crippen LogP contribution in [-0.2, 0) is 25.7 Å². The van der Waals surface area contributed by atoms with Gasteiger partial charge in [-0.2, -0.15) is 0 Å². The smallest absolute Gasteiger partial charge is 0.0270 e. The second-order valence-electron chi connectivity index (χ2n) is 6.73. The molecule has 0 bridgehead atoms. The summed E-state index contributed by atoms with van der Waals surface area (Å²) in [5.74, 6) is 0. The zero-order valence-corrected chi connectivity index (χ0v) is 14.8. The molecule has 0 aliphatic rings. The average molecular weight is 338 g/mol. The first-order valence-corrected chi connectivity index (χ1v) is 9.16. The highest BCUT2D eigenvalue weighted by atomic mass is 14.6. The third-order valence-corrected chi connectivity index (χ3v) is 4.87. The molecule has 0 unspecified atom stereocenters. The molecular weight excluding hydrogens is 316 g/mol. The van der Waals surface area contributed by atoms with Crippen LogP contribution in [0.25, 0.3) is 10.8 Å². The van der Waals surface area contributed by atoms with Gasteiger partial charge >= 0.3 is 0 Å². The fraction of sp³-hybridized carbons (Fsp3) is 0.167. The molecule has 0 radical (unpaired) electrons. The first-order chi connectivity index (χ1) is 12.9. The van der Waals surface area contributed by atoms with Crippen LogP contribution in [0.5, 0.6) is 0 Å². The molecule has 0 amide bonds. The number of aromatic nitrogens is 2. The van der Waals surface area contributed by atoms with Gasteiger partial charge in [0.05, 0.1) is 0 Å². The van der Waals surface area contributed by atoms with E-state index in [9.17, 15) is 0 Å². The zero-order valence-electron chi connectivity index (χ0n) is 14.8. The summed E-state index contributed by atoms with van der Waals surface area (Å²) in [6, 6.07) is 22.1. The van der Waals surface area contributed by atoms with E-state index in [4.69, 9.17) is 0 Å². The number of nitrogens with zero attached hydrogens (tertiary/aromatic N) is 2. The topological polar surface area (TPSA) is 25.8 Å². The predicted molar refractivity (Wildman–Crippen MR) is 107 cm³/mol. The molecule has 0 aliphatic heterocycles. The Bertz CT molecular complexity index is 896. The molecular formula is C24H22N2. The fourth-order valence-corrected chi connectivity index (χ4v) is 3.33.